The molecule has 0 spiro atoms. The fourth-order valence-electron chi connectivity index (χ4n) is 1.90. The first-order chi connectivity index (χ1) is 6.92. The highest BCUT2D eigenvalue weighted by atomic mass is 14.1. The fourth-order valence-corrected chi connectivity index (χ4v) is 1.90. The third-order valence-electron chi connectivity index (χ3n) is 2.55. The summed E-state index contributed by atoms with van der Waals surface area (Å²) >= 11 is 0. The minimum atomic E-state index is 1.16. The fraction of sp³-hybridized carbons (Fsp3) is 0.429. The normalized spacial score (nSPS) is 13.5. The molecule has 14 heavy (non-hydrogen) atoms. The summed E-state index contributed by atoms with van der Waals surface area (Å²) < 4.78 is 0. The third kappa shape index (κ3) is 2.25. The zero-order chi connectivity index (χ0) is 10.4. The quantitative estimate of drug-likeness (QED) is 0.610. The van der Waals surface area contributed by atoms with Crippen molar-refractivity contribution in [3.63, 3.8) is 0 Å². The molecule has 1 aliphatic rings. The topological polar surface area (TPSA) is 0 Å². The predicted molar refractivity (Wildman–Crippen MR) is 64.4 cm³/mol. The van der Waals surface area contributed by atoms with Gasteiger partial charge < -0.3 is 0 Å². The Morgan fingerprint density at radius 1 is 1.14 bits per heavy atom. The largest absolute Gasteiger partial charge is 0.0804 e. The van der Waals surface area contributed by atoms with Crippen LogP contribution in [-0.2, 0) is 6.42 Å². The number of benzene rings is 1. The van der Waals surface area contributed by atoms with Gasteiger partial charge in [0.2, 0.25) is 0 Å². The molecule has 0 bridgehead atoms. The van der Waals surface area contributed by atoms with Crippen LogP contribution in [0.3, 0.4) is 0 Å². The van der Waals surface area contributed by atoms with Gasteiger partial charge in [-0.05, 0) is 36.0 Å². The standard InChI is InChI=1S/C12H14.C2H6/c1-2-10-7-5-8-11-6-3-4-9-12(10)11;1-2/h3-4,6-7,9H,2,5,8H2,1H3;1-2H3. The summed E-state index contributed by atoms with van der Waals surface area (Å²) in [6.07, 6.45) is 5.99. The summed E-state index contributed by atoms with van der Waals surface area (Å²) in [4.78, 5) is 0. The molecule has 76 valence electrons. The monoisotopic (exact) mass is 188 g/mol. The van der Waals surface area contributed by atoms with Crippen LogP contribution >= 0.6 is 0 Å². The number of rotatable bonds is 1. The maximum atomic E-state index is 2.38. The highest BCUT2D eigenvalue weighted by Crippen LogP contribution is 2.27. The summed E-state index contributed by atoms with van der Waals surface area (Å²) in [5.41, 5.74) is 4.53. The Kier molecular flexibility index (Phi) is 4.45. The molecule has 0 N–H and O–H groups in total. The van der Waals surface area contributed by atoms with Gasteiger partial charge in [0.15, 0.2) is 0 Å². The summed E-state index contributed by atoms with van der Waals surface area (Å²) in [5, 5.41) is 0. The third-order valence-corrected chi connectivity index (χ3v) is 2.55. The number of allylic oxidation sites excluding steroid dienone is 2. The second kappa shape index (κ2) is 5.64. The van der Waals surface area contributed by atoms with Gasteiger partial charge in [-0.1, -0.05) is 51.1 Å². The molecule has 0 heteroatoms. The van der Waals surface area contributed by atoms with Crippen molar-refractivity contribution in [2.24, 2.45) is 0 Å². The SMILES string of the molecule is CC.CCC1=CCCc2ccccc21. The van der Waals surface area contributed by atoms with Crippen LogP contribution in [-0.4, -0.2) is 0 Å². The van der Waals surface area contributed by atoms with Crippen molar-refractivity contribution in [3.8, 4) is 0 Å². The molecule has 0 amide bonds. The molecule has 1 aliphatic carbocycles. The molecule has 1 aromatic rings. The molecule has 0 heterocycles. The van der Waals surface area contributed by atoms with Gasteiger partial charge in [-0.3, -0.25) is 0 Å². The maximum absolute atomic E-state index is 2.38. The molecule has 0 aliphatic heterocycles. The molecule has 0 radical (unpaired) electrons. The Hall–Kier alpha value is -1.04. The van der Waals surface area contributed by atoms with Crippen LogP contribution in [0.2, 0.25) is 0 Å². The van der Waals surface area contributed by atoms with E-state index in [4.69, 9.17) is 0 Å². The van der Waals surface area contributed by atoms with Gasteiger partial charge >= 0.3 is 0 Å². The molecule has 0 saturated heterocycles. The van der Waals surface area contributed by atoms with Crippen LogP contribution in [0.25, 0.3) is 5.57 Å². The van der Waals surface area contributed by atoms with E-state index in [0.29, 0.717) is 0 Å². The van der Waals surface area contributed by atoms with E-state index in [2.05, 4.69) is 37.3 Å². The highest BCUT2D eigenvalue weighted by Gasteiger charge is 2.08. The average Bonchev–Trinajstić information content (AvgIpc) is 2.31. The number of aryl methyl sites for hydroxylation is 1. The van der Waals surface area contributed by atoms with Crippen molar-refractivity contribution in [3.05, 3.63) is 41.5 Å². The van der Waals surface area contributed by atoms with Crippen molar-refractivity contribution >= 4 is 5.57 Å². The Bertz CT molecular complexity index is 308. The zero-order valence-corrected chi connectivity index (χ0v) is 9.51. The van der Waals surface area contributed by atoms with Crippen molar-refractivity contribution in [1.29, 1.82) is 0 Å². The maximum Gasteiger partial charge on any atom is -0.0196 e. The van der Waals surface area contributed by atoms with Crippen LogP contribution in [0.5, 0.6) is 0 Å². The van der Waals surface area contributed by atoms with E-state index in [-0.39, 0.29) is 0 Å². The second-order valence-electron chi connectivity index (χ2n) is 3.28. The van der Waals surface area contributed by atoms with E-state index in [1.54, 1.807) is 0 Å². The molecule has 0 nitrogen and oxygen atoms in total. The molecule has 0 atom stereocenters. The average molecular weight is 188 g/mol. The van der Waals surface area contributed by atoms with Crippen LogP contribution < -0.4 is 0 Å². The van der Waals surface area contributed by atoms with Crippen LogP contribution in [0.1, 0.15) is 44.7 Å². The van der Waals surface area contributed by atoms with Gasteiger partial charge in [-0.25, -0.2) is 0 Å². The highest BCUT2D eigenvalue weighted by molar-refractivity contribution is 5.69. The Labute approximate surface area is 87.7 Å². The van der Waals surface area contributed by atoms with Gasteiger partial charge in [0.25, 0.3) is 0 Å². The zero-order valence-electron chi connectivity index (χ0n) is 9.51. The van der Waals surface area contributed by atoms with Gasteiger partial charge in [-0.15, -0.1) is 0 Å². The van der Waals surface area contributed by atoms with Crippen molar-refractivity contribution in [2.75, 3.05) is 0 Å². The molecule has 0 saturated carbocycles. The van der Waals surface area contributed by atoms with Crippen molar-refractivity contribution < 1.29 is 0 Å². The first-order valence-electron chi connectivity index (χ1n) is 5.69. The van der Waals surface area contributed by atoms with Gasteiger partial charge in [-0.2, -0.15) is 0 Å². The first-order valence-corrected chi connectivity index (χ1v) is 5.69. The number of hydrogen-bond acceptors (Lipinski definition) is 0. The van der Waals surface area contributed by atoms with E-state index < -0.39 is 0 Å². The van der Waals surface area contributed by atoms with Gasteiger partial charge in [0.1, 0.15) is 0 Å². The van der Waals surface area contributed by atoms with E-state index >= 15 is 0 Å². The first kappa shape index (κ1) is 11.0. The Morgan fingerprint density at radius 3 is 2.57 bits per heavy atom. The molecule has 1 aromatic carbocycles. The summed E-state index contributed by atoms with van der Waals surface area (Å²) in [5.74, 6) is 0. The van der Waals surface area contributed by atoms with Crippen LogP contribution in [0.4, 0.5) is 0 Å². The minimum Gasteiger partial charge on any atom is -0.0804 e. The van der Waals surface area contributed by atoms with Crippen molar-refractivity contribution in [1.82, 2.24) is 0 Å². The van der Waals surface area contributed by atoms with Gasteiger partial charge in [0.05, 0.1) is 0 Å². The van der Waals surface area contributed by atoms with E-state index in [1.165, 1.54) is 29.5 Å². The molecular weight excluding hydrogens is 168 g/mol. The summed E-state index contributed by atoms with van der Waals surface area (Å²) in [7, 11) is 0. The lowest BCUT2D eigenvalue weighted by Crippen LogP contribution is -1.98. The van der Waals surface area contributed by atoms with E-state index in [1.807, 2.05) is 13.8 Å². The smallest absolute Gasteiger partial charge is 0.0196 e. The van der Waals surface area contributed by atoms with Crippen LogP contribution in [0.15, 0.2) is 30.3 Å². The molecular formula is C14H20. The van der Waals surface area contributed by atoms with E-state index in [0.717, 1.165) is 6.42 Å². The number of hydrogen-bond donors (Lipinski definition) is 0. The lowest BCUT2D eigenvalue weighted by Gasteiger charge is -2.15. The number of fused-ring (bicyclic) bond motifs is 1. The summed E-state index contributed by atoms with van der Waals surface area (Å²) in [6, 6.07) is 8.76. The minimum absolute atomic E-state index is 1.16. The predicted octanol–water partition coefficient (Wildman–Crippen LogP) is 4.45. The van der Waals surface area contributed by atoms with Gasteiger partial charge in [0, 0.05) is 0 Å². The van der Waals surface area contributed by atoms with E-state index in [9.17, 15) is 0 Å². The Morgan fingerprint density at radius 2 is 1.86 bits per heavy atom. The molecule has 0 aromatic heterocycles. The molecule has 0 fully saturated rings. The molecule has 2 rings (SSSR count). The Balaban J connectivity index is 0.000000461. The van der Waals surface area contributed by atoms with Crippen LogP contribution in [0, 0.1) is 0 Å². The van der Waals surface area contributed by atoms with Crippen molar-refractivity contribution in [2.45, 2.75) is 40.0 Å². The lowest BCUT2D eigenvalue weighted by atomic mass is 9.90. The molecule has 0 unspecified atom stereocenters. The summed E-state index contributed by atoms with van der Waals surface area (Å²) in [6.45, 7) is 6.23. The lowest BCUT2D eigenvalue weighted by molar-refractivity contribution is 0.963. The second-order valence-corrected chi connectivity index (χ2v) is 3.28.